The Morgan fingerprint density at radius 2 is 2.14 bits per heavy atom. The summed E-state index contributed by atoms with van der Waals surface area (Å²) < 4.78 is 11.5. The molecule has 1 aliphatic heterocycles. The van der Waals surface area contributed by atoms with Gasteiger partial charge in [0.15, 0.2) is 0 Å². The van der Waals surface area contributed by atoms with E-state index in [0.717, 1.165) is 26.3 Å². The van der Waals surface area contributed by atoms with Gasteiger partial charge in [0.1, 0.15) is 0 Å². The maximum atomic E-state index is 5.30. The average molecular weight is 235 g/mol. The first-order chi connectivity index (χ1) is 6.75. The Morgan fingerprint density at radius 3 is 2.71 bits per heavy atom. The van der Waals surface area contributed by atoms with Gasteiger partial charge in [0, 0.05) is 0 Å². The standard InChI is InChI=1S/C10H17NO2.Cr/c1-10(3-6-12-2)9-11-4-7-13-8-5-11;/h3H,4-8H2,1-2H3;/b10-3+;. The predicted octanol–water partition coefficient (Wildman–Crippen LogP) is 0.588. The molecule has 0 bridgehead atoms. The van der Waals surface area contributed by atoms with E-state index >= 15 is 0 Å². The number of methoxy groups -OCH3 is 1. The topological polar surface area (TPSA) is 21.7 Å². The molecular weight excluding hydrogens is 218 g/mol. The molecule has 0 unspecified atom stereocenters. The first-order valence-corrected chi connectivity index (χ1v) is 5.42. The van der Waals surface area contributed by atoms with Crippen LogP contribution < -0.4 is 0 Å². The van der Waals surface area contributed by atoms with Crippen LogP contribution in [-0.4, -0.2) is 49.4 Å². The normalized spacial score (nSPS) is 19.7. The molecule has 4 heteroatoms. The van der Waals surface area contributed by atoms with Crippen LogP contribution in [-0.2, 0) is 25.3 Å². The van der Waals surface area contributed by atoms with Crippen molar-refractivity contribution in [3.63, 3.8) is 0 Å². The van der Waals surface area contributed by atoms with Crippen LogP contribution in [0.3, 0.4) is 0 Å². The summed E-state index contributed by atoms with van der Waals surface area (Å²) in [6.07, 6.45) is 2.08. The molecule has 80 valence electrons. The predicted molar refractivity (Wildman–Crippen MR) is 53.0 cm³/mol. The van der Waals surface area contributed by atoms with Crippen LogP contribution in [0.4, 0.5) is 0 Å². The first kappa shape index (κ1) is 12.1. The minimum absolute atomic E-state index is 0.668. The van der Waals surface area contributed by atoms with E-state index in [0.29, 0.717) is 6.61 Å². The first-order valence-electron chi connectivity index (χ1n) is 4.78. The van der Waals surface area contributed by atoms with Gasteiger partial charge >= 0.3 is 93.3 Å². The van der Waals surface area contributed by atoms with Gasteiger partial charge in [0.25, 0.3) is 0 Å². The molecule has 1 saturated heterocycles. The molecule has 1 heterocycles. The van der Waals surface area contributed by atoms with E-state index in [9.17, 15) is 0 Å². The molecule has 0 atom stereocenters. The van der Waals surface area contributed by atoms with Gasteiger partial charge < -0.3 is 0 Å². The summed E-state index contributed by atoms with van der Waals surface area (Å²) in [7, 11) is 1.71. The summed E-state index contributed by atoms with van der Waals surface area (Å²) in [6, 6.07) is 0. The molecule has 0 aromatic heterocycles. The monoisotopic (exact) mass is 235 g/mol. The summed E-state index contributed by atoms with van der Waals surface area (Å²) in [5.74, 6) is 0. The van der Waals surface area contributed by atoms with E-state index in [1.165, 1.54) is 10.1 Å². The quantitative estimate of drug-likeness (QED) is 0.712. The van der Waals surface area contributed by atoms with Gasteiger partial charge in [0.05, 0.1) is 0 Å². The molecule has 0 saturated carbocycles. The van der Waals surface area contributed by atoms with Gasteiger partial charge in [-0.3, -0.25) is 0 Å². The van der Waals surface area contributed by atoms with Crippen LogP contribution in [0.5, 0.6) is 0 Å². The molecule has 0 amide bonds. The SMILES string of the molecule is COC/C=C(\C)[C](=[Cr])N1CCOCC1. The average Bonchev–Trinajstić information content (AvgIpc) is 2.26. The molecule has 1 fully saturated rings. The van der Waals surface area contributed by atoms with Gasteiger partial charge in [-0.2, -0.15) is 0 Å². The zero-order chi connectivity index (χ0) is 10.4. The van der Waals surface area contributed by atoms with Gasteiger partial charge in [0.2, 0.25) is 0 Å². The Morgan fingerprint density at radius 1 is 1.50 bits per heavy atom. The van der Waals surface area contributed by atoms with Crippen molar-refractivity contribution in [2.24, 2.45) is 0 Å². The summed E-state index contributed by atoms with van der Waals surface area (Å²) in [6.45, 7) is 6.36. The molecule has 0 aromatic carbocycles. The van der Waals surface area contributed by atoms with E-state index in [-0.39, 0.29) is 0 Å². The fraction of sp³-hybridized carbons (Fsp3) is 0.700. The fourth-order valence-corrected chi connectivity index (χ4v) is 1.73. The van der Waals surface area contributed by atoms with E-state index in [1.54, 1.807) is 7.11 Å². The number of rotatable bonds is 4. The second-order valence-corrected chi connectivity index (χ2v) is 3.85. The van der Waals surface area contributed by atoms with Crippen LogP contribution in [0.25, 0.3) is 0 Å². The molecule has 1 rings (SSSR count). The Bertz CT molecular complexity index is 222. The molecule has 1 aliphatic rings. The summed E-state index contributed by atoms with van der Waals surface area (Å²) >= 11 is 3.12. The third kappa shape index (κ3) is 3.64. The van der Waals surface area contributed by atoms with Crippen LogP contribution >= 0.6 is 0 Å². The molecule has 0 radical (unpaired) electrons. The zero-order valence-corrected chi connectivity index (χ0v) is 10.1. The van der Waals surface area contributed by atoms with Gasteiger partial charge in [-0.1, -0.05) is 0 Å². The van der Waals surface area contributed by atoms with Crippen molar-refractivity contribution in [1.82, 2.24) is 4.90 Å². The van der Waals surface area contributed by atoms with E-state index < -0.39 is 0 Å². The van der Waals surface area contributed by atoms with Crippen LogP contribution in [0.15, 0.2) is 11.6 Å². The van der Waals surface area contributed by atoms with Crippen LogP contribution in [0.2, 0.25) is 0 Å². The maximum absolute atomic E-state index is 5.30. The van der Waals surface area contributed by atoms with Crippen molar-refractivity contribution in [2.45, 2.75) is 6.92 Å². The van der Waals surface area contributed by atoms with Gasteiger partial charge in [-0.05, 0) is 0 Å². The number of hydrogen-bond donors (Lipinski definition) is 0. The van der Waals surface area contributed by atoms with E-state index in [1.807, 2.05) is 0 Å². The van der Waals surface area contributed by atoms with Crippen molar-refractivity contribution in [2.75, 3.05) is 40.0 Å². The molecule has 0 N–H and O–H groups in total. The molecule has 0 aliphatic carbocycles. The Kier molecular flexibility index (Phi) is 5.61. The summed E-state index contributed by atoms with van der Waals surface area (Å²) in [4.78, 5) is 2.31. The number of nitrogens with zero attached hydrogens (tertiary/aromatic N) is 1. The Balaban J connectivity index is 2.46. The van der Waals surface area contributed by atoms with Crippen molar-refractivity contribution < 1.29 is 25.3 Å². The Labute approximate surface area is 93.6 Å². The third-order valence-corrected chi connectivity index (χ3v) is 3.10. The molecule has 0 aromatic rings. The van der Waals surface area contributed by atoms with Crippen molar-refractivity contribution in [3.05, 3.63) is 11.6 Å². The van der Waals surface area contributed by atoms with E-state index in [4.69, 9.17) is 9.47 Å². The number of ether oxygens (including phenoxy) is 2. The van der Waals surface area contributed by atoms with Gasteiger partial charge in [-0.25, -0.2) is 0 Å². The van der Waals surface area contributed by atoms with Crippen LogP contribution in [0, 0.1) is 0 Å². The molecule has 0 spiro atoms. The number of hydrogen-bond acceptors (Lipinski definition) is 3. The molecule has 3 nitrogen and oxygen atoms in total. The zero-order valence-electron chi connectivity index (χ0n) is 8.78. The third-order valence-electron chi connectivity index (χ3n) is 2.19. The van der Waals surface area contributed by atoms with Crippen molar-refractivity contribution in [1.29, 1.82) is 0 Å². The summed E-state index contributed by atoms with van der Waals surface area (Å²) in [5.41, 5.74) is 1.24. The van der Waals surface area contributed by atoms with Crippen LogP contribution in [0.1, 0.15) is 6.92 Å². The van der Waals surface area contributed by atoms with E-state index in [2.05, 4.69) is 33.8 Å². The minimum atomic E-state index is 0.668. The van der Waals surface area contributed by atoms with Gasteiger partial charge in [-0.15, -0.1) is 0 Å². The number of morpholine rings is 1. The molecule has 14 heavy (non-hydrogen) atoms. The van der Waals surface area contributed by atoms with Crippen molar-refractivity contribution >= 4 is 4.50 Å². The Hall–Kier alpha value is 0.0225. The molecular formula is C10H17CrNO2. The van der Waals surface area contributed by atoms with Crippen molar-refractivity contribution in [3.8, 4) is 0 Å². The second kappa shape index (κ2) is 6.50. The summed E-state index contributed by atoms with van der Waals surface area (Å²) in [5, 5.41) is 0. The fourth-order valence-electron chi connectivity index (χ4n) is 1.31. The second-order valence-electron chi connectivity index (χ2n) is 3.25.